The number of hydrogen-bond donors (Lipinski definition) is 0. The first-order valence-corrected chi connectivity index (χ1v) is 8.76. The molecule has 0 fully saturated rings. The van der Waals surface area contributed by atoms with E-state index in [-0.39, 0.29) is 11.3 Å². The van der Waals surface area contributed by atoms with E-state index in [4.69, 9.17) is 9.47 Å². The van der Waals surface area contributed by atoms with Gasteiger partial charge in [-0.1, -0.05) is 52.8 Å². The van der Waals surface area contributed by atoms with Gasteiger partial charge in [0.1, 0.15) is 5.75 Å². The summed E-state index contributed by atoms with van der Waals surface area (Å²) in [5.41, 5.74) is 1.99. The van der Waals surface area contributed by atoms with Crippen LogP contribution >= 0.6 is 0 Å². The van der Waals surface area contributed by atoms with Crippen LogP contribution in [0.4, 0.5) is 0 Å². The SMILES string of the molecule is CC(C)COC(=O)c1cccc(OC(=O)c2ccc(C(C)(C)C)cc2)c1. The van der Waals surface area contributed by atoms with Crippen LogP contribution in [0.1, 0.15) is 60.9 Å². The quantitative estimate of drug-likeness (QED) is 0.559. The summed E-state index contributed by atoms with van der Waals surface area (Å²) in [7, 11) is 0. The standard InChI is InChI=1S/C22H26O4/c1-15(2)14-25-20(23)17-7-6-8-19(13-17)26-21(24)16-9-11-18(12-10-16)22(3,4)5/h6-13,15H,14H2,1-5H3. The Morgan fingerprint density at radius 3 is 2.15 bits per heavy atom. The molecule has 2 aromatic rings. The fourth-order valence-electron chi connectivity index (χ4n) is 2.28. The lowest BCUT2D eigenvalue weighted by Gasteiger charge is -2.18. The second-order valence-corrected chi connectivity index (χ2v) is 7.74. The number of carbonyl (C=O) groups is 2. The van der Waals surface area contributed by atoms with E-state index in [0.717, 1.165) is 5.56 Å². The molecule has 0 amide bonds. The van der Waals surface area contributed by atoms with Gasteiger partial charge >= 0.3 is 11.9 Å². The molecule has 0 atom stereocenters. The smallest absolute Gasteiger partial charge is 0.343 e. The lowest BCUT2D eigenvalue weighted by molar-refractivity contribution is 0.0457. The van der Waals surface area contributed by atoms with Crippen molar-refractivity contribution in [1.82, 2.24) is 0 Å². The Bertz CT molecular complexity index is 767. The van der Waals surface area contributed by atoms with E-state index < -0.39 is 11.9 Å². The summed E-state index contributed by atoms with van der Waals surface area (Å²) in [4.78, 5) is 24.4. The summed E-state index contributed by atoms with van der Waals surface area (Å²) in [6.45, 7) is 10.6. The van der Waals surface area contributed by atoms with Crippen LogP contribution in [0.2, 0.25) is 0 Å². The molecule has 0 saturated heterocycles. The Labute approximate surface area is 155 Å². The molecule has 2 aromatic carbocycles. The second-order valence-electron chi connectivity index (χ2n) is 7.74. The highest BCUT2D eigenvalue weighted by Gasteiger charge is 2.16. The van der Waals surface area contributed by atoms with Gasteiger partial charge in [0.15, 0.2) is 0 Å². The van der Waals surface area contributed by atoms with Crippen molar-refractivity contribution in [3.8, 4) is 5.75 Å². The molecule has 26 heavy (non-hydrogen) atoms. The highest BCUT2D eigenvalue weighted by Crippen LogP contribution is 2.23. The van der Waals surface area contributed by atoms with E-state index in [0.29, 0.717) is 23.5 Å². The maximum Gasteiger partial charge on any atom is 0.343 e. The molecule has 0 spiro atoms. The number of ether oxygens (including phenoxy) is 2. The van der Waals surface area contributed by atoms with E-state index >= 15 is 0 Å². The Morgan fingerprint density at radius 1 is 0.923 bits per heavy atom. The first-order valence-electron chi connectivity index (χ1n) is 8.76. The fraction of sp³-hybridized carbons (Fsp3) is 0.364. The van der Waals surface area contributed by atoms with E-state index in [1.807, 2.05) is 26.0 Å². The van der Waals surface area contributed by atoms with Gasteiger partial charge in [-0.05, 0) is 47.2 Å². The molecule has 0 aliphatic heterocycles. The van der Waals surface area contributed by atoms with E-state index in [2.05, 4.69) is 20.8 Å². The zero-order valence-corrected chi connectivity index (χ0v) is 16.0. The van der Waals surface area contributed by atoms with Crippen molar-refractivity contribution in [3.63, 3.8) is 0 Å². The molecular weight excluding hydrogens is 328 g/mol. The monoisotopic (exact) mass is 354 g/mol. The van der Waals surface area contributed by atoms with Crippen LogP contribution in [0.5, 0.6) is 5.75 Å². The minimum Gasteiger partial charge on any atom is -0.462 e. The van der Waals surface area contributed by atoms with Gasteiger partial charge in [0.2, 0.25) is 0 Å². The van der Waals surface area contributed by atoms with E-state index in [9.17, 15) is 9.59 Å². The number of esters is 2. The zero-order chi connectivity index (χ0) is 19.3. The van der Waals surface area contributed by atoms with Crippen LogP contribution in [0.3, 0.4) is 0 Å². The summed E-state index contributed by atoms with van der Waals surface area (Å²) in [5.74, 6) is -0.311. The van der Waals surface area contributed by atoms with Crippen molar-refractivity contribution in [2.45, 2.75) is 40.0 Å². The summed E-state index contributed by atoms with van der Waals surface area (Å²) in [6.07, 6.45) is 0. The van der Waals surface area contributed by atoms with Crippen molar-refractivity contribution in [2.24, 2.45) is 5.92 Å². The number of carbonyl (C=O) groups excluding carboxylic acids is 2. The Balaban J connectivity index is 2.07. The van der Waals surface area contributed by atoms with Crippen LogP contribution in [-0.4, -0.2) is 18.5 Å². The van der Waals surface area contributed by atoms with E-state index in [1.165, 1.54) is 6.07 Å². The summed E-state index contributed by atoms with van der Waals surface area (Å²) < 4.78 is 10.6. The predicted octanol–water partition coefficient (Wildman–Crippen LogP) is 5.02. The molecule has 0 heterocycles. The van der Waals surface area contributed by atoms with E-state index in [1.54, 1.807) is 30.3 Å². The molecule has 4 nitrogen and oxygen atoms in total. The maximum absolute atomic E-state index is 12.3. The summed E-state index contributed by atoms with van der Waals surface area (Å²) in [5, 5.41) is 0. The van der Waals surface area contributed by atoms with Crippen molar-refractivity contribution in [2.75, 3.05) is 6.61 Å². The van der Waals surface area contributed by atoms with Gasteiger partial charge in [-0.3, -0.25) is 0 Å². The maximum atomic E-state index is 12.3. The molecule has 0 aliphatic rings. The second kappa shape index (κ2) is 8.17. The highest BCUT2D eigenvalue weighted by molar-refractivity contribution is 5.92. The normalized spacial score (nSPS) is 11.3. The molecule has 0 N–H and O–H groups in total. The van der Waals surface area contributed by atoms with Crippen molar-refractivity contribution in [1.29, 1.82) is 0 Å². The Kier molecular flexibility index (Phi) is 6.19. The molecule has 138 valence electrons. The van der Waals surface area contributed by atoms with Crippen LogP contribution in [0, 0.1) is 5.92 Å². The van der Waals surface area contributed by atoms with Crippen molar-refractivity contribution < 1.29 is 19.1 Å². The van der Waals surface area contributed by atoms with Gasteiger partial charge in [0.05, 0.1) is 17.7 Å². The molecule has 0 bridgehead atoms. The molecule has 0 unspecified atom stereocenters. The third-order valence-electron chi connectivity index (χ3n) is 3.81. The Morgan fingerprint density at radius 2 is 1.58 bits per heavy atom. The molecule has 4 heteroatoms. The Hall–Kier alpha value is -2.62. The fourth-order valence-corrected chi connectivity index (χ4v) is 2.28. The lowest BCUT2D eigenvalue weighted by atomic mass is 9.87. The molecule has 0 aromatic heterocycles. The molecule has 0 radical (unpaired) electrons. The van der Waals surface area contributed by atoms with Crippen molar-refractivity contribution in [3.05, 3.63) is 65.2 Å². The van der Waals surface area contributed by atoms with Crippen molar-refractivity contribution >= 4 is 11.9 Å². The molecular formula is C22H26O4. The van der Waals surface area contributed by atoms with Gasteiger partial charge in [0, 0.05) is 0 Å². The van der Waals surface area contributed by atoms with Gasteiger partial charge < -0.3 is 9.47 Å². The lowest BCUT2D eigenvalue weighted by Crippen LogP contribution is -2.13. The number of rotatable bonds is 5. The minimum absolute atomic E-state index is 0.0209. The average molecular weight is 354 g/mol. The summed E-state index contributed by atoms with van der Waals surface area (Å²) >= 11 is 0. The third-order valence-corrected chi connectivity index (χ3v) is 3.81. The van der Waals surface area contributed by atoms with Gasteiger partial charge in [-0.15, -0.1) is 0 Å². The third kappa shape index (κ3) is 5.45. The number of hydrogen-bond acceptors (Lipinski definition) is 4. The van der Waals surface area contributed by atoms with Crippen LogP contribution in [0.15, 0.2) is 48.5 Å². The molecule has 0 saturated carbocycles. The minimum atomic E-state index is -0.460. The molecule has 0 aliphatic carbocycles. The highest BCUT2D eigenvalue weighted by atomic mass is 16.5. The first-order chi connectivity index (χ1) is 12.2. The van der Waals surface area contributed by atoms with Crippen LogP contribution in [0.25, 0.3) is 0 Å². The van der Waals surface area contributed by atoms with Gasteiger partial charge in [-0.2, -0.15) is 0 Å². The largest absolute Gasteiger partial charge is 0.462 e. The summed E-state index contributed by atoms with van der Waals surface area (Å²) in [6, 6.07) is 13.8. The van der Waals surface area contributed by atoms with Crippen LogP contribution < -0.4 is 4.74 Å². The predicted molar refractivity (Wildman–Crippen MR) is 102 cm³/mol. The average Bonchev–Trinajstić information content (AvgIpc) is 2.59. The molecule has 2 rings (SSSR count). The topological polar surface area (TPSA) is 52.6 Å². The number of benzene rings is 2. The van der Waals surface area contributed by atoms with Crippen LogP contribution in [-0.2, 0) is 10.2 Å². The van der Waals surface area contributed by atoms with Gasteiger partial charge in [0.25, 0.3) is 0 Å². The van der Waals surface area contributed by atoms with Gasteiger partial charge in [-0.25, -0.2) is 9.59 Å². The zero-order valence-electron chi connectivity index (χ0n) is 16.0. The first kappa shape index (κ1) is 19.7.